The zero-order chi connectivity index (χ0) is 22.3. The average molecular weight is 455 g/mol. The summed E-state index contributed by atoms with van der Waals surface area (Å²) in [7, 11) is -3.86. The topological polar surface area (TPSA) is 55.8 Å². The molecule has 5 nitrogen and oxygen atoms in total. The van der Waals surface area contributed by atoms with Crippen molar-refractivity contribution in [2.75, 3.05) is 26.2 Å². The number of unbranched alkanes of at least 4 members (excludes halogenated alkanes) is 1. The highest BCUT2D eigenvalue weighted by molar-refractivity contribution is 7.91. The second kappa shape index (κ2) is 10.2. The Hall–Kier alpha value is -2.52. The van der Waals surface area contributed by atoms with Gasteiger partial charge in [0, 0.05) is 13.1 Å². The third-order valence-electron chi connectivity index (χ3n) is 4.78. The molecule has 0 radical (unpaired) electrons. The molecule has 1 aliphatic heterocycles. The molecule has 0 saturated carbocycles. The van der Waals surface area contributed by atoms with Crippen LogP contribution in [0.25, 0.3) is 0 Å². The number of hydrogen-bond donors (Lipinski definition) is 0. The molecular weight excluding hydrogens is 431 g/mol. The van der Waals surface area contributed by atoms with Crippen LogP contribution < -0.4 is 9.47 Å². The van der Waals surface area contributed by atoms with Crippen molar-refractivity contribution in [1.29, 1.82) is 0 Å². The number of halogens is 3. The number of ether oxygens (including phenoxy) is 2. The van der Waals surface area contributed by atoms with Gasteiger partial charge in [0.2, 0.25) is 9.84 Å². The van der Waals surface area contributed by atoms with Crippen molar-refractivity contribution >= 4 is 9.84 Å². The maximum atomic E-state index is 12.7. The molecule has 2 aromatic rings. The molecule has 2 aromatic carbocycles. The number of benzene rings is 2. The van der Waals surface area contributed by atoms with Gasteiger partial charge in [0.25, 0.3) is 0 Å². The fourth-order valence-electron chi connectivity index (χ4n) is 3.19. The molecular formula is C22H24F3NO4S. The number of rotatable bonds is 9. The van der Waals surface area contributed by atoms with Gasteiger partial charge in [-0.2, -0.15) is 0 Å². The summed E-state index contributed by atoms with van der Waals surface area (Å²) >= 11 is 0. The quantitative estimate of drug-likeness (QED) is 0.400. The van der Waals surface area contributed by atoms with E-state index in [1.165, 1.54) is 12.1 Å². The van der Waals surface area contributed by atoms with E-state index in [4.69, 9.17) is 4.74 Å². The highest BCUT2D eigenvalue weighted by atomic mass is 32.2. The minimum Gasteiger partial charge on any atom is -0.494 e. The van der Waals surface area contributed by atoms with Gasteiger partial charge >= 0.3 is 6.36 Å². The van der Waals surface area contributed by atoms with Crippen LogP contribution >= 0.6 is 0 Å². The Morgan fingerprint density at radius 3 is 2.03 bits per heavy atom. The third kappa shape index (κ3) is 7.00. The molecule has 0 unspecified atom stereocenters. The van der Waals surface area contributed by atoms with Crippen LogP contribution in [0.2, 0.25) is 0 Å². The predicted molar refractivity (Wildman–Crippen MR) is 110 cm³/mol. The van der Waals surface area contributed by atoms with Crippen LogP contribution in [-0.2, 0) is 9.84 Å². The van der Waals surface area contributed by atoms with Gasteiger partial charge in [-0.05, 0) is 74.3 Å². The Kier molecular flexibility index (Phi) is 7.61. The Balaban J connectivity index is 1.50. The molecule has 0 spiro atoms. The van der Waals surface area contributed by atoms with Gasteiger partial charge in [-0.25, -0.2) is 8.42 Å². The molecule has 0 aromatic heterocycles. The molecule has 0 aliphatic carbocycles. The highest BCUT2D eigenvalue weighted by Gasteiger charge is 2.31. The first-order valence-electron chi connectivity index (χ1n) is 9.95. The molecule has 0 N–H and O–H groups in total. The van der Waals surface area contributed by atoms with E-state index in [9.17, 15) is 21.6 Å². The van der Waals surface area contributed by atoms with Crippen molar-refractivity contribution in [2.45, 2.75) is 35.4 Å². The Morgan fingerprint density at radius 2 is 1.48 bits per heavy atom. The maximum absolute atomic E-state index is 12.7. The summed E-state index contributed by atoms with van der Waals surface area (Å²) in [6.45, 7) is 3.65. The van der Waals surface area contributed by atoms with Gasteiger partial charge in [-0.1, -0.05) is 12.2 Å². The van der Waals surface area contributed by atoms with Crippen LogP contribution in [-0.4, -0.2) is 45.9 Å². The standard InChI is InChI=1S/C22H24F3NO4S/c23-22(24,25)30-19-8-12-21(13-9-19)31(27,28)20-10-6-18(7-11-20)29-17-5-4-16-26-14-2-1-3-15-26/h1-2,6-13H,3-5,14-17H2. The highest BCUT2D eigenvalue weighted by Crippen LogP contribution is 2.27. The monoisotopic (exact) mass is 455 g/mol. The van der Waals surface area contributed by atoms with Gasteiger partial charge in [-0.3, -0.25) is 4.90 Å². The first-order chi connectivity index (χ1) is 14.7. The van der Waals surface area contributed by atoms with Crippen molar-refractivity contribution in [1.82, 2.24) is 4.90 Å². The summed E-state index contributed by atoms with van der Waals surface area (Å²) in [5.41, 5.74) is 0. The van der Waals surface area contributed by atoms with E-state index in [1.54, 1.807) is 12.1 Å². The van der Waals surface area contributed by atoms with Gasteiger partial charge in [0.05, 0.1) is 16.4 Å². The summed E-state index contributed by atoms with van der Waals surface area (Å²) in [6.07, 6.45) is 2.56. The lowest BCUT2D eigenvalue weighted by Gasteiger charge is -2.22. The number of hydrogen-bond acceptors (Lipinski definition) is 5. The largest absolute Gasteiger partial charge is 0.573 e. The lowest BCUT2D eigenvalue weighted by Crippen LogP contribution is -2.28. The lowest BCUT2D eigenvalue weighted by atomic mass is 10.2. The van der Waals surface area contributed by atoms with Crippen LogP contribution in [0.4, 0.5) is 13.2 Å². The molecule has 3 rings (SSSR count). The Morgan fingerprint density at radius 1 is 0.871 bits per heavy atom. The van der Waals surface area contributed by atoms with E-state index >= 15 is 0 Å². The number of alkyl halides is 3. The van der Waals surface area contributed by atoms with Crippen LogP contribution in [0.5, 0.6) is 11.5 Å². The van der Waals surface area contributed by atoms with Crippen molar-refractivity contribution in [3.8, 4) is 11.5 Å². The summed E-state index contributed by atoms with van der Waals surface area (Å²) in [5.74, 6) is 0.0840. The zero-order valence-electron chi connectivity index (χ0n) is 16.8. The van der Waals surface area contributed by atoms with Crippen molar-refractivity contribution < 1.29 is 31.1 Å². The van der Waals surface area contributed by atoms with Crippen LogP contribution in [0.3, 0.4) is 0 Å². The summed E-state index contributed by atoms with van der Waals surface area (Å²) < 4.78 is 71.5. The third-order valence-corrected chi connectivity index (χ3v) is 6.57. The zero-order valence-corrected chi connectivity index (χ0v) is 17.7. The molecule has 0 fully saturated rings. The van der Waals surface area contributed by atoms with Crippen molar-refractivity contribution in [3.63, 3.8) is 0 Å². The molecule has 0 bridgehead atoms. The SMILES string of the molecule is O=S(=O)(c1ccc(OCCCCN2CC=CCC2)cc1)c1ccc(OC(F)(F)F)cc1. The minimum atomic E-state index is -4.83. The fourth-order valence-corrected chi connectivity index (χ4v) is 4.45. The molecule has 1 heterocycles. The summed E-state index contributed by atoms with van der Waals surface area (Å²) in [4.78, 5) is 2.30. The minimum absolute atomic E-state index is 0.0301. The van der Waals surface area contributed by atoms with Crippen LogP contribution in [0.1, 0.15) is 19.3 Å². The first-order valence-corrected chi connectivity index (χ1v) is 11.4. The van der Waals surface area contributed by atoms with Gasteiger partial charge in [0.1, 0.15) is 11.5 Å². The predicted octanol–water partition coefficient (Wildman–Crippen LogP) is 4.84. The Labute approximate surface area is 180 Å². The molecule has 0 atom stereocenters. The molecule has 9 heteroatoms. The fraction of sp³-hybridized carbons (Fsp3) is 0.364. The number of nitrogens with zero attached hydrogens (tertiary/aromatic N) is 1. The molecule has 168 valence electrons. The maximum Gasteiger partial charge on any atom is 0.573 e. The number of sulfone groups is 1. The van der Waals surface area contributed by atoms with Gasteiger partial charge < -0.3 is 9.47 Å². The Bertz CT molecular complexity index is 971. The van der Waals surface area contributed by atoms with Crippen molar-refractivity contribution in [2.24, 2.45) is 0 Å². The van der Waals surface area contributed by atoms with E-state index < -0.39 is 21.9 Å². The van der Waals surface area contributed by atoms with Crippen molar-refractivity contribution in [3.05, 3.63) is 60.7 Å². The van der Waals surface area contributed by atoms with E-state index in [1.807, 2.05) is 0 Å². The first kappa shape index (κ1) is 23.1. The van der Waals surface area contributed by atoms with E-state index in [-0.39, 0.29) is 9.79 Å². The normalized spacial score (nSPS) is 15.1. The van der Waals surface area contributed by atoms with E-state index in [0.29, 0.717) is 12.4 Å². The average Bonchev–Trinajstić information content (AvgIpc) is 2.74. The van der Waals surface area contributed by atoms with E-state index in [2.05, 4.69) is 21.8 Å². The lowest BCUT2D eigenvalue weighted by molar-refractivity contribution is -0.274. The summed E-state index contributed by atoms with van der Waals surface area (Å²) in [5, 5.41) is 0. The van der Waals surface area contributed by atoms with Gasteiger partial charge in [-0.15, -0.1) is 13.2 Å². The molecule has 31 heavy (non-hydrogen) atoms. The molecule has 0 amide bonds. The molecule has 0 saturated heterocycles. The van der Waals surface area contributed by atoms with E-state index in [0.717, 1.165) is 63.2 Å². The molecule has 1 aliphatic rings. The second-order valence-electron chi connectivity index (χ2n) is 7.11. The second-order valence-corrected chi connectivity index (χ2v) is 9.06. The van der Waals surface area contributed by atoms with Crippen LogP contribution in [0.15, 0.2) is 70.5 Å². The summed E-state index contributed by atoms with van der Waals surface area (Å²) in [6, 6.07) is 10.1. The van der Waals surface area contributed by atoms with Gasteiger partial charge in [0.15, 0.2) is 0 Å². The van der Waals surface area contributed by atoms with Crippen LogP contribution in [0, 0.1) is 0 Å². The smallest absolute Gasteiger partial charge is 0.494 e.